The number of fused-ring (bicyclic) bond motifs is 1. The third kappa shape index (κ3) is 6.15. The van der Waals surface area contributed by atoms with Gasteiger partial charge in [-0.05, 0) is 63.4 Å². The molecular formula is C30H39N5O4. The van der Waals surface area contributed by atoms with Crippen molar-refractivity contribution in [3.8, 4) is 17.1 Å². The van der Waals surface area contributed by atoms with Crippen LogP contribution in [0, 0.1) is 11.3 Å². The number of aromatic nitrogens is 3. The fraction of sp³-hybridized carbons (Fsp3) is 0.533. The quantitative estimate of drug-likeness (QED) is 0.334. The number of nitrogens with one attached hydrogen (secondary N) is 2. The van der Waals surface area contributed by atoms with Crippen molar-refractivity contribution in [2.24, 2.45) is 11.3 Å². The van der Waals surface area contributed by atoms with Crippen LogP contribution in [-0.4, -0.2) is 72.0 Å². The van der Waals surface area contributed by atoms with Gasteiger partial charge in [-0.3, -0.25) is 9.59 Å². The van der Waals surface area contributed by atoms with Crippen molar-refractivity contribution in [2.75, 3.05) is 40.5 Å². The predicted octanol–water partition coefficient (Wildman–Crippen LogP) is 4.30. The van der Waals surface area contributed by atoms with Crippen LogP contribution in [0.3, 0.4) is 0 Å². The van der Waals surface area contributed by atoms with Crippen molar-refractivity contribution in [2.45, 2.75) is 51.5 Å². The zero-order chi connectivity index (χ0) is 27.4. The summed E-state index contributed by atoms with van der Waals surface area (Å²) in [6.45, 7) is 4.67. The van der Waals surface area contributed by atoms with Crippen molar-refractivity contribution in [1.82, 2.24) is 25.2 Å². The number of H-pyrrole nitrogens is 1. The largest absolute Gasteiger partial charge is 0.480 e. The second kappa shape index (κ2) is 11.8. The Labute approximate surface area is 229 Å². The number of benzene rings is 1. The number of amides is 1. The number of pyridine rings is 1. The van der Waals surface area contributed by atoms with Gasteiger partial charge in [0.05, 0.1) is 36.7 Å². The molecule has 0 bridgehead atoms. The number of imidazole rings is 1. The molecule has 5 rings (SSSR count). The Kier molecular flexibility index (Phi) is 8.28. The third-order valence-electron chi connectivity index (χ3n) is 8.33. The van der Waals surface area contributed by atoms with Gasteiger partial charge < -0.3 is 24.7 Å². The number of para-hydroxylation sites is 1. The zero-order valence-corrected chi connectivity index (χ0v) is 23.2. The number of aromatic amines is 1. The van der Waals surface area contributed by atoms with Gasteiger partial charge in [-0.25, -0.2) is 9.97 Å². The van der Waals surface area contributed by atoms with E-state index in [0.29, 0.717) is 37.6 Å². The smallest absolute Gasteiger partial charge is 0.224 e. The van der Waals surface area contributed by atoms with E-state index in [1.807, 2.05) is 37.3 Å². The Morgan fingerprint density at radius 3 is 2.82 bits per heavy atom. The molecule has 1 saturated carbocycles. The number of rotatable bonds is 12. The first kappa shape index (κ1) is 27.3. The van der Waals surface area contributed by atoms with Crippen LogP contribution in [0.25, 0.3) is 22.2 Å². The molecule has 1 unspecified atom stereocenters. The lowest BCUT2D eigenvalue weighted by Crippen LogP contribution is -2.37. The molecular weight excluding hydrogens is 494 g/mol. The first-order chi connectivity index (χ1) is 18.9. The average Bonchev–Trinajstić information content (AvgIpc) is 3.44. The van der Waals surface area contributed by atoms with Crippen molar-refractivity contribution in [1.29, 1.82) is 0 Å². The Morgan fingerprint density at radius 2 is 2.05 bits per heavy atom. The number of carbonyl (C=O) groups is 2. The number of likely N-dealkylation sites (tertiary alicyclic amines) is 1. The third-order valence-corrected chi connectivity index (χ3v) is 8.33. The molecule has 1 spiro atoms. The molecule has 2 aliphatic rings. The topological polar surface area (TPSA) is 109 Å². The van der Waals surface area contributed by atoms with E-state index >= 15 is 0 Å². The van der Waals surface area contributed by atoms with E-state index in [0.717, 1.165) is 54.5 Å². The number of methoxy groups -OCH3 is 1. The minimum absolute atomic E-state index is 0.0371. The van der Waals surface area contributed by atoms with Crippen molar-refractivity contribution >= 4 is 22.6 Å². The average molecular weight is 534 g/mol. The highest BCUT2D eigenvalue weighted by molar-refractivity contribution is 5.85. The summed E-state index contributed by atoms with van der Waals surface area (Å²) in [6.07, 6.45) is 6.53. The second-order valence-electron chi connectivity index (χ2n) is 11.0. The fourth-order valence-corrected chi connectivity index (χ4v) is 5.64. The molecule has 1 saturated heterocycles. The fourth-order valence-electron chi connectivity index (χ4n) is 5.64. The van der Waals surface area contributed by atoms with Gasteiger partial charge in [0.25, 0.3) is 0 Å². The maximum Gasteiger partial charge on any atom is 0.224 e. The van der Waals surface area contributed by atoms with Crippen LogP contribution in [0.2, 0.25) is 0 Å². The number of carbonyl (C=O) groups excluding carboxylic acids is 2. The van der Waals surface area contributed by atoms with Crippen LogP contribution < -0.4 is 10.1 Å². The number of nitrogens with zero attached hydrogens (tertiary/aromatic N) is 3. The monoisotopic (exact) mass is 533 g/mol. The molecule has 3 aromatic rings. The number of hydrogen-bond acceptors (Lipinski definition) is 7. The summed E-state index contributed by atoms with van der Waals surface area (Å²) in [5.74, 6) is 1.46. The summed E-state index contributed by atoms with van der Waals surface area (Å²) in [5.41, 5.74) is 2.55. The number of piperidine rings is 1. The maximum atomic E-state index is 13.4. The molecule has 2 N–H and O–H groups in total. The van der Waals surface area contributed by atoms with E-state index in [2.05, 4.69) is 32.2 Å². The Balaban J connectivity index is 1.32. The molecule has 208 valence electrons. The van der Waals surface area contributed by atoms with Gasteiger partial charge in [0.2, 0.25) is 11.8 Å². The molecule has 1 aliphatic heterocycles. The Morgan fingerprint density at radius 1 is 1.26 bits per heavy atom. The maximum absolute atomic E-state index is 13.4. The first-order valence-corrected chi connectivity index (χ1v) is 14.0. The molecule has 2 aromatic heterocycles. The van der Waals surface area contributed by atoms with E-state index in [1.54, 1.807) is 13.3 Å². The van der Waals surface area contributed by atoms with Crippen LogP contribution >= 0.6 is 0 Å². The number of ketones is 1. The van der Waals surface area contributed by atoms with E-state index < -0.39 is 6.04 Å². The number of hydrogen-bond donors (Lipinski definition) is 2. The standard InChI is InChI=1S/C30H39N5O4/c1-4-21(36)9-7-15-39-19-26(33-28(37)23-17-30(23)11-13-35(2)14-12-30)27-31-18-25(32-27)22-16-20-8-5-6-10-24(20)34-29(22)38-3/h5-6,8,10,16,18,23,26H,4,7,9,11-15,17,19H2,1-3H3,(H,31,32)(H,33,37)/t23?,26-/m0/s1. The van der Waals surface area contributed by atoms with Crippen LogP contribution in [0.15, 0.2) is 36.5 Å². The van der Waals surface area contributed by atoms with Gasteiger partial charge in [-0.1, -0.05) is 25.1 Å². The molecule has 0 radical (unpaired) electrons. The summed E-state index contributed by atoms with van der Waals surface area (Å²) in [6, 6.07) is 9.48. The molecule has 9 heteroatoms. The summed E-state index contributed by atoms with van der Waals surface area (Å²) in [4.78, 5) is 40.1. The van der Waals surface area contributed by atoms with E-state index in [-0.39, 0.29) is 29.6 Å². The van der Waals surface area contributed by atoms with Crippen LogP contribution in [0.1, 0.15) is 57.3 Å². The Bertz CT molecular complexity index is 1310. The SMILES string of the molecule is CCC(=O)CCCOC[C@H](NC(=O)C1CC12CCN(C)CC2)c1ncc(-c2cc3ccccc3nc2OC)[nH]1. The molecule has 2 fully saturated rings. The minimum Gasteiger partial charge on any atom is -0.480 e. The van der Waals surface area contributed by atoms with Gasteiger partial charge in [0, 0.05) is 30.8 Å². The first-order valence-electron chi connectivity index (χ1n) is 14.0. The van der Waals surface area contributed by atoms with Gasteiger partial charge in [-0.15, -0.1) is 0 Å². The normalized spacial score (nSPS) is 19.2. The summed E-state index contributed by atoms with van der Waals surface area (Å²) in [5, 5.41) is 4.22. The second-order valence-corrected chi connectivity index (χ2v) is 11.0. The van der Waals surface area contributed by atoms with Crippen LogP contribution in [0.4, 0.5) is 0 Å². The highest BCUT2D eigenvalue weighted by Crippen LogP contribution is 2.59. The lowest BCUT2D eigenvalue weighted by molar-refractivity contribution is -0.124. The molecule has 1 aromatic carbocycles. The summed E-state index contributed by atoms with van der Waals surface area (Å²) >= 11 is 0. The van der Waals surface area contributed by atoms with Crippen molar-refractivity contribution in [3.05, 3.63) is 42.4 Å². The van der Waals surface area contributed by atoms with E-state index in [4.69, 9.17) is 9.47 Å². The van der Waals surface area contributed by atoms with Crippen molar-refractivity contribution < 1.29 is 19.1 Å². The molecule has 2 atom stereocenters. The van der Waals surface area contributed by atoms with Gasteiger partial charge in [-0.2, -0.15) is 0 Å². The summed E-state index contributed by atoms with van der Waals surface area (Å²) in [7, 11) is 3.74. The van der Waals surface area contributed by atoms with Gasteiger partial charge in [0.15, 0.2) is 0 Å². The zero-order valence-electron chi connectivity index (χ0n) is 23.2. The molecule has 1 amide bonds. The van der Waals surface area contributed by atoms with Crippen molar-refractivity contribution in [3.63, 3.8) is 0 Å². The molecule has 3 heterocycles. The lowest BCUT2D eigenvalue weighted by atomic mass is 9.91. The molecule has 9 nitrogen and oxygen atoms in total. The summed E-state index contributed by atoms with van der Waals surface area (Å²) < 4.78 is 11.5. The molecule has 1 aliphatic carbocycles. The van der Waals surface area contributed by atoms with Crippen LogP contribution in [0.5, 0.6) is 5.88 Å². The van der Waals surface area contributed by atoms with Gasteiger partial charge >= 0.3 is 0 Å². The minimum atomic E-state index is -0.434. The number of ether oxygens (including phenoxy) is 2. The number of Topliss-reactive ketones (excluding diaryl/α,β-unsaturated/α-hetero) is 1. The van der Waals surface area contributed by atoms with E-state index in [1.165, 1.54) is 0 Å². The van der Waals surface area contributed by atoms with E-state index in [9.17, 15) is 9.59 Å². The predicted molar refractivity (Wildman–Crippen MR) is 149 cm³/mol. The van der Waals surface area contributed by atoms with Crippen LogP contribution in [-0.2, 0) is 14.3 Å². The molecule has 39 heavy (non-hydrogen) atoms. The highest BCUT2D eigenvalue weighted by Gasteiger charge is 2.58. The lowest BCUT2D eigenvalue weighted by Gasteiger charge is -2.30. The van der Waals surface area contributed by atoms with Gasteiger partial charge in [0.1, 0.15) is 17.6 Å². The Hall–Kier alpha value is -3.30. The highest BCUT2D eigenvalue weighted by atomic mass is 16.5.